The van der Waals surface area contributed by atoms with Crippen LogP contribution in [0.1, 0.15) is 11.4 Å². The Morgan fingerprint density at radius 1 is 1.19 bits per heavy atom. The molecule has 1 heterocycles. The molecular weight excluding hydrogens is 359 g/mol. The second-order valence-corrected chi connectivity index (χ2v) is 5.82. The van der Waals surface area contributed by atoms with Gasteiger partial charge in [-0.15, -0.1) is 13.2 Å². The summed E-state index contributed by atoms with van der Waals surface area (Å²) in [6.07, 6.45) is -4.70. The molecule has 0 aliphatic heterocycles. The lowest BCUT2D eigenvalue weighted by molar-refractivity contribution is -0.274. The Hall–Kier alpha value is -3.23. The van der Waals surface area contributed by atoms with Crippen LogP contribution in [0.15, 0.2) is 53.5 Å². The molecule has 0 atom stereocenters. The number of imidazole rings is 1. The van der Waals surface area contributed by atoms with Crippen molar-refractivity contribution in [3.8, 4) is 5.75 Å². The molecule has 0 amide bonds. The first kappa shape index (κ1) is 18.6. The van der Waals surface area contributed by atoms with E-state index in [1.807, 2.05) is 35.9 Å². The molecule has 3 aromatic rings. The molecular formula is C18H18F3N5O. The van der Waals surface area contributed by atoms with Gasteiger partial charge in [-0.2, -0.15) is 0 Å². The predicted octanol–water partition coefficient (Wildman–Crippen LogP) is 3.08. The summed E-state index contributed by atoms with van der Waals surface area (Å²) in [4.78, 5) is 8.71. The number of fused-ring (bicyclic) bond motifs is 1. The van der Waals surface area contributed by atoms with Crippen molar-refractivity contribution in [1.82, 2.24) is 14.9 Å². The first-order valence-corrected chi connectivity index (χ1v) is 8.10. The molecule has 6 nitrogen and oxygen atoms in total. The number of ether oxygens (including phenoxy) is 1. The van der Waals surface area contributed by atoms with Crippen LogP contribution in [0.25, 0.3) is 11.0 Å². The molecule has 142 valence electrons. The van der Waals surface area contributed by atoms with Crippen molar-refractivity contribution in [2.75, 3.05) is 0 Å². The number of aromatic nitrogens is 2. The fourth-order valence-corrected chi connectivity index (χ4v) is 2.55. The number of hydrogen-bond acceptors (Lipinski definition) is 3. The fourth-order valence-electron chi connectivity index (χ4n) is 2.55. The van der Waals surface area contributed by atoms with Crippen molar-refractivity contribution >= 4 is 17.0 Å². The van der Waals surface area contributed by atoms with Gasteiger partial charge in [-0.3, -0.25) is 0 Å². The van der Waals surface area contributed by atoms with E-state index >= 15 is 0 Å². The summed E-state index contributed by atoms with van der Waals surface area (Å²) in [5, 5.41) is 2.98. The van der Waals surface area contributed by atoms with Gasteiger partial charge in [0.05, 0.1) is 24.1 Å². The molecule has 0 unspecified atom stereocenters. The van der Waals surface area contributed by atoms with Crippen LogP contribution in [0, 0.1) is 0 Å². The van der Waals surface area contributed by atoms with E-state index in [0.29, 0.717) is 12.1 Å². The Morgan fingerprint density at radius 3 is 2.56 bits per heavy atom. The molecule has 0 aliphatic carbocycles. The number of guanidine groups is 1. The van der Waals surface area contributed by atoms with E-state index in [0.717, 1.165) is 16.9 Å². The van der Waals surface area contributed by atoms with E-state index in [1.54, 1.807) is 0 Å². The van der Waals surface area contributed by atoms with Crippen LogP contribution < -0.4 is 15.8 Å². The van der Waals surface area contributed by atoms with Gasteiger partial charge < -0.3 is 20.4 Å². The Labute approximate surface area is 153 Å². The van der Waals surface area contributed by atoms with Gasteiger partial charge in [-0.25, -0.2) is 9.98 Å². The quantitative estimate of drug-likeness (QED) is 0.529. The minimum Gasteiger partial charge on any atom is -0.406 e. The van der Waals surface area contributed by atoms with E-state index in [2.05, 4.69) is 20.0 Å². The number of benzene rings is 2. The van der Waals surface area contributed by atoms with Crippen molar-refractivity contribution in [1.29, 1.82) is 0 Å². The van der Waals surface area contributed by atoms with Gasteiger partial charge in [0.2, 0.25) is 0 Å². The van der Waals surface area contributed by atoms with E-state index in [-0.39, 0.29) is 18.3 Å². The van der Waals surface area contributed by atoms with Gasteiger partial charge in [0, 0.05) is 7.05 Å². The lowest BCUT2D eigenvalue weighted by atomic mass is 10.2. The van der Waals surface area contributed by atoms with E-state index < -0.39 is 6.36 Å². The number of hydrogen-bond donors (Lipinski definition) is 2. The third-order valence-electron chi connectivity index (χ3n) is 3.90. The second kappa shape index (κ2) is 7.56. The van der Waals surface area contributed by atoms with Crippen molar-refractivity contribution in [2.24, 2.45) is 17.8 Å². The zero-order valence-corrected chi connectivity index (χ0v) is 14.5. The number of aliphatic imine (C=N–C) groups is 1. The third kappa shape index (κ3) is 4.90. The molecule has 0 fully saturated rings. The van der Waals surface area contributed by atoms with E-state index in [4.69, 9.17) is 5.73 Å². The number of alkyl halides is 3. The number of halogens is 3. The fraction of sp³-hybridized carbons (Fsp3) is 0.222. The van der Waals surface area contributed by atoms with Gasteiger partial charge in [0.15, 0.2) is 5.96 Å². The monoisotopic (exact) mass is 377 g/mol. The van der Waals surface area contributed by atoms with E-state index in [9.17, 15) is 13.2 Å². The van der Waals surface area contributed by atoms with Crippen LogP contribution in [-0.4, -0.2) is 21.9 Å². The number of nitrogens with one attached hydrogen (secondary N) is 1. The first-order chi connectivity index (χ1) is 12.8. The minimum atomic E-state index is -4.70. The number of aryl methyl sites for hydroxylation is 1. The van der Waals surface area contributed by atoms with Crippen LogP contribution in [0.5, 0.6) is 5.75 Å². The van der Waals surface area contributed by atoms with Crippen molar-refractivity contribution in [3.63, 3.8) is 0 Å². The largest absolute Gasteiger partial charge is 0.573 e. The minimum absolute atomic E-state index is 0.220. The molecule has 0 saturated carbocycles. The molecule has 9 heteroatoms. The molecule has 0 radical (unpaired) electrons. The molecule has 3 rings (SSSR count). The summed E-state index contributed by atoms with van der Waals surface area (Å²) in [5.74, 6) is 0.754. The standard InChI is InChI=1S/C18H18F3N5O/c1-26-15-5-3-2-4-14(15)25-16(26)11-24-17(22)23-10-12-6-8-13(9-7-12)27-18(19,20)21/h2-9H,10-11H2,1H3,(H3,22,23,24). The first-order valence-electron chi connectivity index (χ1n) is 8.10. The highest BCUT2D eigenvalue weighted by Crippen LogP contribution is 2.22. The summed E-state index contributed by atoms with van der Waals surface area (Å²) in [5.41, 5.74) is 8.48. The molecule has 0 spiro atoms. The van der Waals surface area contributed by atoms with Crippen LogP contribution >= 0.6 is 0 Å². The van der Waals surface area contributed by atoms with Crippen LogP contribution in [0.2, 0.25) is 0 Å². The summed E-state index contributed by atoms with van der Waals surface area (Å²) < 4.78 is 42.2. The highest BCUT2D eigenvalue weighted by atomic mass is 19.4. The smallest absolute Gasteiger partial charge is 0.406 e. The zero-order chi connectivity index (χ0) is 19.4. The maximum Gasteiger partial charge on any atom is 0.573 e. The average Bonchev–Trinajstić information content (AvgIpc) is 2.94. The molecule has 0 bridgehead atoms. The van der Waals surface area contributed by atoms with Gasteiger partial charge in [-0.1, -0.05) is 24.3 Å². The summed E-state index contributed by atoms with van der Waals surface area (Å²) in [7, 11) is 1.92. The molecule has 0 aliphatic rings. The Bertz CT molecular complexity index is 948. The van der Waals surface area contributed by atoms with Crippen molar-refractivity contribution < 1.29 is 17.9 Å². The molecule has 0 saturated heterocycles. The average molecular weight is 377 g/mol. The summed E-state index contributed by atoms with van der Waals surface area (Å²) in [6.45, 7) is 0.631. The van der Waals surface area contributed by atoms with Crippen molar-refractivity contribution in [3.05, 3.63) is 59.9 Å². The van der Waals surface area contributed by atoms with Crippen molar-refractivity contribution in [2.45, 2.75) is 19.5 Å². The third-order valence-corrected chi connectivity index (χ3v) is 3.90. The van der Waals surface area contributed by atoms with Gasteiger partial charge in [0.1, 0.15) is 11.6 Å². The number of nitrogens with zero attached hydrogens (tertiary/aromatic N) is 3. The lowest BCUT2D eigenvalue weighted by Crippen LogP contribution is -2.32. The predicted molar refractivity (Wildman–Crippen MR) is 96.0 cm³/mol. The summed E-state index contributed by atoms with van der Waals surface area (Å²) in [6, 6.07) is 13.3. The van der Waals surface area contributed by atoms with Crippen LogP contribution in [0.4, 0.5) is 13.2 Å². The van der Waals surface area contributed by atoms with Gasteiger partial charge >= 0.3 is 6.36 Å². The maximum atomic E-state index is 12.1. The topological polar surface area (TPSA) is 77.5 Å². The highest BCUT2D eigenvalue weighted by molar-refractivity contribution is 5.78. The zero-order valence-electron chi connectivity index (χ0n) is 14.5. The second-order valence-electron chi connectivity index (χ2n) is 5.82. The summed E-state index contributed by atoms with van der Waals surface area (Å²) >= 11 is 0. The SMILES string of the molecule is Cn1c(CNC(N)=NCc2ccc(OC(F)(F)F)cc2)nc2ccccc21. The molecule has 3 N–H and O–H groups in total. The normalized spacial score (nSPS) is 12.4. The Balaban J connectivity index is 1.57. The number of nitrogens with two attached hydrogens (primary N) is 1. The molecule has 2 aromatic carbocycles. The van der Waals surface area contributed by atoms with Gasteiger partial charge in [0.25, 0.3) is 0 Å². The highest BCUT2D eigenvalue weighted by Gasteiger charge is 2.30. The van der Waals surface area contributed by atoms with E-state index in [1.165, 1.54) is 24.3 Å². The molecule has 27 heavy (non-hydrogen) atoms. The maximum absolute atomic E-state index is 12.1. The molecule has 1 aromatic heterocycles. The van der Waals surface area contributed by atoms with Crippen LogP contribution in [-0.2, 0) is 20.1 Å². The number of para-hydroxylation sites is 2. The van der Waals surface area contributed by atoms with Gasteiger partial charge in [-0.05, 0) is 29.8 Å². The lowest BCUT2D eigenvalue weighted by Gasteiger charge is -2.09. The Morgan fingerprint density at radius 2 is 1.89 bits per heavy atom. The van der Waals surface area contributed by atoms with Crippen LogP contribution in [0.3, 0.4) is 0 Å². The Kier molecular flexibility index (Phi) is 5.20. The number of rotatable bonds is 5.